The van der Waals surface area contributed by atoms with E-state index >= 15 is 0 Å². The van der Waals surface area contributed by atoms with Crippen molar-refractivity contribution >= 4 is 52.8 Å². The second kappa shape index (κ2) is 13.6. The molecule has 0 radical (unpaired) electrons. The maximum Gasteiger partial charge on any atom is 0.415 e. The van der Waals surface area contributed by atoms with Crippen molar-refractivity contribution in [2.24, 2.45) is 5.92 Å². The number of carbonyl (C=O) groups is 3. The number of halogens is 2. The van der Waals surface area contributed by atoms with Gasteiger partial charge in [-0.05, 0) is 87.9 Å². The summed E-state index contributed by atoms with van der Waals surface area (Å²) in [4.78, 5) is 42.3. The number of carbonyl (C=O) groups excluding carboxylic acids is 3. The molecule has 0 saturated carbocycles. The zero-order chi connectivity index (χ0) is 31.5. The standard InChI is InChI=1S/C33H35Cl2NO6S/c1-7-40-31(38)33(4,5)42-30-19(2)14-22(15-20(30)3)25-17-36(32(39)41-28-13-10-23(34)16-27(28)35)18-26(25)29(37)21-8-11-24(43-6)12-9-21/h8-16,25-26H,7,17-18H2,1-6H3. The quantitative estimate of drug-likeness (QED) is 0.132. The topological polar surface area (TPSA) is 82.1 Å². The fourth-order valence-corrected chi connectivity index (χ4v) is 6.06. The van der Waals surface area contributed by atoms with E-state index in [0.717, 1.165) is 21.6 Å². The predicted octanol–water partition coefficient (Wildman–Crippen LogP) is 8.15. The highest BCUT2D eigenvalue weighted by Crippen LogP contribution is 2.39. The molecule has 1 heterocycles. The third-order valence-corrected chi connectivity index (χ3v) is 8.69. The van der Waals surface area contributed by atoms with Gasteiger partial charge in [-0.2, -0.15) is 0 Å². The molecule has 2 atom stereocenters. The van der Waals surface area contributed by atoms with Crippen molar-refractivity contribution in [1.29, 1.82) is 0 Å². The first-order valence-corrected chi connectivity index (χ1v) is 15.9. The Kier molecular flexibility index (Phi) is 10.4. The summed E-state index contributed by atoms with van der Waals surface area (Å²) >= 11 is 13.8. The van der Waals surface area contributed by atoms with E-state index in [1.807, 2.05) is 56.5 Å². The van der Waals surface area contributed by atoms with Crippen molar-refractivity contribution in [2.75, 3.05) is 26.0 Å². The van der Waals surface area contributed by atoms with Crippen LogP contribution in [0.3, 0.4) is 0 Å². The Balaban J connectivity index is 1.66. The molecule has 2 unspecified atom stereocenters. The van der Waals surface area contributed by atoms with E-state index in [2.05, 4.69) is 0 Å². The lowest BCUT2D eigenvalue weighted by Gasteiger charge is -2.27. The fourth-order valence-electron chi connectivity index (χ4n) is 5.20. The van der Waals surface area contributed by atoms with Crippen LogP contribution in [0.25, 0.3) is 0 Å². The number of likely N-dealkylation sites (tertiary alicyclic amines) is 1. The molecule has 3 aromatic rings. The smallest absolute Gasteiger partial charge is 0.415 e. The summed E-state index contributed by atoms with van der Waals surface area (Å²) in [6.07, 6.45) is 1.37. The van der Waals surface area contributed by atoms with Crippen LogP contribution in [0.5, 0.6) is 11.5 Å². The van der Waals surface area contributed by atoms with E-state index in [1.54, 1.807) is 38.6 Å². The molecule has 1 amide bonds. The molecular formula is C33H35Cl2NO6S. The number of aryl methyl sites for hydroxylation is 2. The molecule has 0 N–H and O–H groups in total. The number of esters is 1. The van der Waals surface area contributed by atoms with Gasteiger partial charge in [0, 0.05) is 40.4 Å². The average molecular weight is 645 g/mol. The predicted molar refractivity (Wildman–Crippen MR) is 170 cm³/mol. The van der Waals surface area contributed by atoms with Crippen LogP contribution in [0.4, 0.5) is 4.79 Å². The van der Waals surface area contributed by atoms with Gasteiger partial charge < -0.3 is 19.1 Å². The molecule has 0 aromatic heterocycles. The minimum absolute atomic E-state index is 0.0587. The summed E-state index contributed by atoms with van der Waals surface area (Å²) in [5.41, 5.74) is 1.88. The number of nitrogens with zero attached hydrogens (tertiary/aromatic N) is 1. The van der Waals surface area contributed by atoms with Crippen molar-refractivity contribution in [1.82, 2.24) is 4.90 Å². The summed E-state index contributed by atoms with van der Waals surface area (Å²) in [6, 6.07) is 16.0. The first-order chi connectivity index (χ1) is 20.3. The summed E-state index contributed by atoms with van der Waals surface area (Å²) in [5.74, 6) is -0.588. The number of thioether (sulfide) groups is 1. The van der Waals surface area contributed by atoms with E-state index in [4.69, 9.17) is 37.4 Å². The molecule has 0 bridgehead atoms. The lowest BCUT2D eigenvalue weighted by Crippen LogP contribution is -2.40. The zero-order valence-electron chi connectivity index (χ0n) is 25.0. The van der Waals surface area contributed by atoms with Crippen molar-refractivity contribution in [3.63, 3.8) is 0 Å². The second-order valence-corrected chi connectivity index (χ2v) is 12.7. The Morgan fingerprint density at radius 3 is 2.21 bits per heavy atom. The number of ketones is 1. The molecule has 0 aliphatic carbocycles. The van der Waals surface area contributed by atoms with Crippen LogP contribution >= 0.6 is 35.0 Å². The van der Waals surface area contributed by atoms with E-state index < -0.39 is 23.6 Å². The maximum absolute atomic E-state index is 13.9. The molecule has 1 fully saturated rings. The van der Waals surface area contributed by atoms with Gasteiger partial charge in [-0.15, -0.1) is 11.8 Å². The molecule has 1 saturated heterocycles. The van der Waals surface area contributed by atoms with Gasteiger partial charge in [0.15, 0.2) is 17.1 Å². The lowest BCUT2D eigenvalue weighted by molar-refractivity contribution is -0.158. The fraction of sp³-hybridized carbons (Fsp3) is 0.364. The Morgan fingerprint density at radius 2 is 1.63 bits per heavy atom. The van der Waals surface area contributed by atoms with Crippen LogP contribution in [-0.4, -0.2) is 54.3 Å². The number of hydrogen-bond acceptors (Lipinski definition) is 7. The second-order valence-electron chi connectivity index (χ2n) is 11.0. The molecule has 0 spiro atoms. The zero-order valence-corrected chi connectivity index (χ0v) is 27.4. The van der Waals surface area contributed by atoms with Crippen molar-refractivity contribution in [3.05, 3.63) is 86.9 Å². The number of hydrogen-bond donors (Lipinski definition) is 0. The van der Waals surface area contributed by atoms with Crippen LogP contribution in [0.15, 0.2) is 59.5 Å². The van der Waals surface area contributed by atoms with Crippen LogP contribution in [0.2, 0.25) is 10.0 Å². The van der Waals surface area contributed by atoms with Gasteiger partial charge in [0.05, 0.1) is 11.6 Å². The molecule has 3 aromatic carbocycles. The van der Waals surface area contributed by atoms with E-state index in [1.165, 1.54) is 17.0 Å². The first-order valence-electron chi connectivity index (χ1n) is 13.9. The molecular weight excluding hydrogens is 609 g/mol. The summed E-state index contributed by atoms with van der Waals surface area (Å²) in [7, 11) is 0. The van der Waals surface area contributed by atoms with E-state index in [-0.39, 0.29) is 42.2 Å². The van der Waals surface area contributed by atoms with Crippen molar-refractivity contribution in [2.45, 2.75) is 51.0 Å². The Morgan fingerprint density at radius 1 is 0.977 bits per heavy atom. The van der Waals surface area contributed by atoms with E-state index in [0.29, 0.717) is 16.3 Å². The molecule has 10 heteroatoms. The molecule has 1 aliphatic rings. The van der Waals surface area contributed by atoms with E-state index in [9.17, 15) is 14.4 Å². The monoisotopic (exact) mass is 643 g/mol. The minimum atomic E-state index is -1.19. The van der Waals surface area contributed by atoms with Gasteiger partial charge in [-0.1, -0.05) is 47.5 Å². The highest BCUT2D eigenvalue weighted by Gasteiger charge is 2.42. The number of amides is 1. The highest BCUT2D eigenvalue weighted by atomic mass is 35.5. The summed E-state index contributed by atoms with van der Waals surface area (Å²) < 4.78 is 17.0. The molecule has 1 aliphatic heterocycles. The van der Waals surface area contributed by atoms with Gasteiger partial charge in [0.25, 0.3) is 0 Å². The summed E-state index contributed by atoms with van der Waals surface area (Å²) in [6.45, 7) is 9.57. The number of benzene rings is 3. The van der Waals surface area contributed by atoms with Gasteiger partial charge >= 0.3 is 12.1 Å². The van der Waals surface area contributed by atoms with Crippen molar-refractivity contribution in [3.8, 4) is 11.5 Å². The number of rotatable bonds is 9. The molecule has 43 heavy (non-hydrogen) atoms. The lowest BCUT2D eigenvalue weighted by atomic mass is 9.82. The SMILES string of the molecule is CCOC(=O)C(C)(C)Oc1c(C)cc(C2CN(C(=O)Oc3ccc(Cl)cc3Cl)CC2C(=O)c2ccc(SC)cc2)cc1C. The van der Waals surface area contributed by atoms with Gasteiger partial charge in [-0.3, -0.25) is 4.79 Å². The molecule has 4 rings (SSSR count). The number of ether oxygens (including phenoxy) is 3. The number of Topliss-reactive ketones (excluding diaryl/α,β-unsaturated/α-hetero) is 1. The van der Waals surface area contributed by atoms with Crippen LogP contribution in [-0.2, 0) is 9.53 Å². The summed E-state index contributed by atoms with van der Waals surface area (Å²) in [5, 5.41) is 0.638. The Labute approximate surface area is 266 Å². The Bertz CT molecular complexity index is 1500. The van der Waals surface area contributed by atoms with Crippen LogP contribution < -0.4 is 9.47 Å². The van der Waals surface area contributed by atoms with Gasteiger partial charge in [0.1, 0.15) is 5.75 Å². The minimum Gasteiger partial charge on any atom is -0.476 e. The van der Waals surface area contributed by atoms with Crippen LogP contribution in [0.1, 0.15) is 53.7 Å². The third-order valence-electron chi connectivity index (χ3n) is 7.42. The van der Waals surface area contributed by atoms with Crippen molar-refractivity contribution < 1.29 is 28.6 Å². The average Bonchev–Trinajstić information content (AvgIpc) is 3.42. The van der Waals surface area contributed by atoms with Crippen LogP contribution in [0, 0.1) is 19.8 Å². The Hall–Kier alpha value is -3.20. The largest absolute Gasteiger partial charge is 0.476 e. The highest BCUT2D eigenvalue weighted by molar-refractivity contribution is 7.98. The third kappa shape index (κ3) is 7.48. The van der Waals surface area contributed by atoms with Gasteiger partial charge in [0.2, 0.25) is 0 Å². The maximum atomic E-state index is 13.9. The normalized spacial score (nSPS) is 16.6. The van der Waals surface area contributed by atoms with Gasteiger partial charge in [-0.25, -0.2) is 9.59 Å². The first kappa shape index (κ1) is 32.7. The molecule has 7 nitrogen and oxygen atoms in total. The molecule has 228 valence electrons.